The number of nitrogens with one attached hydrogen (secondary N) is 2. The Bertz CT molecular complexity index is 1730. The molecule has 2 atom stereocenters. The predicted octanol–water partition coefficient (Wildman–Crippen LogP) is 3.44. The number of H-pyrrole nitrogens is 1. The zero-order valence-corrected chi connectivity index (χ0v) is 23.3. The van der Waals surface area contributed by atoms with Gasteiger partial charge in [-0.1, -0.05) is 6.07 Å². The summed E-state index contributed by atoms with van der Waals surface area (Å²) in [4.78, 5) is 16.0. The summed E-state index contributed by atoms with van der Waals surface area (Å²) in [7, 11) is 0.294. The molecule has 1 aromatic carbocycles. The van der Waals surface area contributed by atoms with Crippen LogP contribution >= 0.6 is 0 Å². The first-order valence-corrected chi connectivity index (χ1v) is 13.8. The molecule has 5 rings (SSSR count). The van der Waals surface area contributed by atoms with E-state index in [2.05, 4.69) is 34.9 Å². The first-order chi connectivity index (χ1) is 19.3. The highest BCUT2D eigenvalue weighted by Gasteiger charge is 2.35. The van der Waals surface area contributed by atoms with Gasteiger partial charge in [-0.3, -0.25) is 9.29 Å². The fourth-order valence-corrected chi connectivity index (χ4v) is 5.50. The van der Waals surface area contributed by atoms with E-state index in [0.29, 0.717) is 34.2 Å². The smallest absolute Gasteiger partial charge is 0.243 e. The Kier molecular flexibility index (Phi) is 7.36. The molecule has 4 aromatic heterocycles. The van der Waals surface area contributed by atoms with Crippen molar-refractivity contribution in [3.63, 3.8) is 0 Å². The van der Waals surface area contributed by atoms with Gasteiger partial charge in [-0.25, -0.2) is 23.4 Å². The minimum Gasteiger partial charge on any atom is -0.494 e. The average molecular weight is 565 g/mol. The molecule has 0 amide bonds. The minimum atomic E-state index is -4.13. The number of sulfonamides is 1. The lowest BCUT2D eigenvalue weighted by Crippen LogP contribution is -2.33. The predicted molar refractivity (Wildman–Crippen MR) is 148 cm³/mol. The van der Waals surface area contributed by atoms with Crippen LogP contribution in [0.15, 0.2) is 55.1 Å². The van der Waals surface area contributed by atoms with E-state index >= 15 is 0 Å². The largest absolute Gasteiger partial charge is 0.494 e. The second-order valence-corrected chi connectivity index (χ2v) is 11.0. The van der Waals surface area contributed by atoms with Gasteiger partial charge in [0.15, 0.2) is 11.6 Å². The number of methoxy groups -OCH3 is 3. The number of hydrogen-bond donors (Lipinski definition) is 2. The van der Waals surface area contributed by atoms with Crippen molar-refractivity contribution in [2.24, 2.45) is 0 Å². The highest BCUT2D eigenvalue weighted by atomic mass is 32.2. The van der Waals surface area contributed by atoms with Crippen LogP contribution in [0.25, 0.3) is 28.1 Å². The van der Waals surface area contributed by atoms with Crippen molar-refractivity contribution in [2.45, 2.75) is 25.2 Å². The highest BCUT2D eigenvalue weighted by molar-refractivity contribution is 7.93. The van der Waals surface area contributed by atoms with Crippen molar-refractivity contribution < 1.29 is 22.6 Å². The highest BCUT2D eigenvalue weighted by Crippen LogP contribution is 2.39. The lowest BCUT2D eigenvalue weighted by Gasteiger charge is -2.23. The van der Waals surface area contributed by atoms with Crippen LogP contribution in [0.4, 0.5) is 5.95 Å². The molecule has 40 heavy (non-hydrogen) atoms. The van der Waals surface area contributed by atoms with Crippen molar-refractivity contribution in [1.82, 2.24) is 34.7 Å². The van der Waals surface area contributed by atoms with Gasteiger partial charge in [0, 0.05) is 42.8 Å². The van der Waals surface area contributed by atoms with Crippen LogP contribution in [-0.4, -0.2) is 69.7 Å². The molecular formula is C26H28N8O5S. The first kappa shape index (κ1) is 27.0. The van der Waals surface area contributed by atoms with Gasteiger partial charge in [-0.15, -0.1) is 10.2 Å². The molecule has 13 nitrogen and oxygen atoms in total. The Labute approximate surface area is 230 Å². The summed E-state index contributed by atoms with van der Waals surface area (Å²) in [6, 6.07) is 8.90. The van der Waals surface area contributed by atoms with Crippen LogP contribution in [0.3, 0.4) is 0 Å². The third kappa shape index (κ3) is 4.82. The van der Waals surface area contributed by atoms with Crippen molar-refractivity contribution in [1.29, 1.82) is 0 Å². The minimum absolute atomic E-state index is 0.0810. The van der Waals surface area contributed by atoms with Crippen LogP contribution in [0.1, 0.15) is 24.4 Å². The number of para-hydroxylation sites is 1. The molecule has 0 fully saturated rings. The monoisotopic (exact) mass is 564 g/mol. The van der Waals surface area contributed by atoms with E-state index in [0.717, 1.165) is 10.9 Å². The first-order valence-electron chi connectivity index (χ1n) is 12.2. The fourth-order valence-electron chi connectivity index (χ4n) is 4.37. The van der Waals surface area contributed by atoms with Gasteiger partial charge < -0.3 is 19.2 Å². The molecule has 0 aliphatic rings. The molecule has 5 aromatic rings. The average Bonchev–Trinajstić information content (AvgIpc) is 3.57. The molecule has 0 spiro atoms. The number of aromatic nitrogens is 7. The number of hydrogen-bond acceptors (Lipinski definition) is 10. The van der Waals surface area contributed by atoms with Crippen molar-refractivity contribution in [3.8, 4) is 28.6 Å². The van der Waals surface area contributed by atoms with Gasteiger partial charge in [-0.2, -0.15) is 0 Å². The van der Waals surface area contributed by atoms with Crippen molar-refractivity contribution in [2.75, 3.05) is 26.1 Å². The number of rotatable bonds is 10. The topological polar surface area (TPSA) is 159 Å². The third-order valence-electron chi connectivity index (χ3n) is 6.44. The van der Waals surface area contributed by atoms with E-state index in [1.54, 1.807) is 53.6 Å². The number of benzene rings is 1. The zero-order valence-electron chi connectivity index (χ0n) is 22.5. The molecule has 0 aliphatic carbocycles. The molecule has 2 unspecified atom stereocenters. The van der Waals surface area contributed by atoms with E-state index in [9.17, 15) is 8.42 Å². The number of ether oxygens (including phenoxy) is 3. The number of aromatic amines is 1. The standard InChI is InChI=1S/C26H28N8O5S/c1-15-12-28-24(29-13-15)22(39-5)16(2)40(35,36)33-26-32-31-25(18-14-30-23-17(18)8-7-11-27-23)34(26)21-19(37-3)9-6-10-20(21)38-4/h6-14,16,22H,1-5H3,(H,27,30)(H,32,33). The molecule has 0 saturated carbocycles. The van der Waals surface area contributed by atoms with Gasteiger partial charge in [0.25, 0.3) is 0 Å². The van der Waals surface area contributed by atoms with E-state index in [-0.39, 0.29) is 11.8 Å². The molecule has 208 valence electrons. The van der Waals surface area contributed by atoms with Crippen LogP contribution in [0.5, 0.6) is 11.5 Å². The molecule has 0 saturated heterocycles. The molecule has 2 N–H and O–H groups in total. The zero-order chi connectivity index (χ0) is 28.4. The number of pyridine rings is 1. The van der Waals surface area contributed by atoms with Crippen LogP contribution < -0.4 is 14.2 Å². The number of fused-ring (bicyclic) bond motifs is 1. The van der Waals surface area contributed by atoms with Crippen LogP contribution in [0, 0.1) is 6.92 Å². The van der Waals surface area contributed by atoms with Crippen LogP contribution in [0.2, 0.25) is 0 Å². The second-order valence-electron chi connectivity index (χ2n) is 8.92. The van der Waals surface area contributed by atoms with E-state index in [1.807, 2.05) is 13.0 Å². The summed E-state index contributed by atoms with van der Waals surface area (Å²) in [5, 5.41) is 8.29. The number of aryl methyl sites for hydroxylation is 1. The van der Waals surface area contributed by atoms with Crippen molar-refractivity contribution >= 4 is 27.0 Å². The normalized spacial score (nSPS) is 13.2. The van der Waals surface area contributed by atoms with Gasteiger partial charge in [0.1, 0.15) is 34.2 Å². The quantitative estimate of drug-likeness (QED) is 0.257. The molecule has 0 bridgehead atoms. The summed E-state index contributed by atoms with van der Waals surface area (Å²) in [6.45, 7) is 3.35. The van der Waals surface area contributed by atoms with Gasteiger partial charge in [0.2, 0.25) is 16.0 Å². The Morgan fingerprint density at radius 1 is 0.975 bits per heavy atom. The van der Waals surface area contributed by atoms with E-state index in [4.69, 9.17) is 14.2 Å². The lowest BCUT2D eigenvalue weighted by atomic mass is 10.2. The maximum Gasteiger partial charge on any atom is 0.243 e. The molecule has 0 aliphatic heterocycles. The maximum absolute atomic E-state index is 13.7. The van der Waals surface area contributed by atoms with Crippen LogP contribution in [-0.2, 0) is 14.8 Å². The number of anilines is 1. The Hall–Kier alpha value is -4.56. The van der Waals surface area contributed by atoms with E-state index < -0.39 is 21.4 Å². The maximum atomic E-state index is 13.7. The Morgan fingerprint density at radius 2 is 1.68 bits per heavy atom. The molecule has 14 heteroatoms. The SMILES string of the molecule is COc1cccc(OC)c1-n1c(NS(=O)(=O)C(C)C(OC)c2ncc(C)cn2)nnc1-c1c[nH]c2ncccc12. The summed E-state index contributed by atoms with van der Waals surface area (Å²) < 4.78 is 48.4. The Morgan fingerprint density at radius 3 is 2.33 bits per heavy atom. The molecule has 4 heterocycles. The Balaban J connectivity index is 1.65. The third-order valence-corrected chi connectivity index (χ3v) is 8.13. The summed E-state index contributed by atoms with van der Waals surface area (Å²) in [5.74, 6) is 1.32. The second kappa shape index (κ2) is 10.9. The summed E-state index contributed by atoms with van der Waals surface area (Å²) in [5.41, 5.74) is 2.52. The summed E-state index contributed by atoms with van der Waals surface area (Å²) in [6.07, 6.45) is 5.66. The lowest BCUT2D eigenvalue weighted by molar-refractivity contribution is 0.0949. The van der Waals surface area contributed by atoms with Crippen molar-refractivity contribution in [3.05, 3.63) is 66.5 Å². The fraction of sp³-hybridized carbons (Fsp3) is 0.269. The molecule has 0 radical (unpaired) electrons. The van der Waals surface area contributed by atoms with E-state index in [1.165, 1.54) is 28.3 Å². The van der Waals surface area contributed by atoms with Gasteiger partial charge in [-0.05, 0) is 43.7 Å². The summed E-state index contributed by atoms with van der Waals surface area (Å²) >= 11 is 0. The number of nitrogens with zero attached hydrogens (tertiary/aromatic N) is 6. The van der Waals surface area contributed by atoms with Gasteiger partial charge >= 0.3 is 0 Å². The molecular weight excluding hydrogens is 536 g/mol. The van der Waals surface area contributed by atoms with Gasteiger partial charge in [0.05, 0.1) is 14.2 Å².